The molecule has 2 aromatic rings. The van der Waals surface area contributed by atoms with Gasteiger partial charge in [0.25, 0.3) is 0 Å². The Morgan fingerprint density at radius 3 is 2.65 bits per heavy atom. The van der Waals surface area contributed by atoms with Gasteiger partial charge in [-0.05, 0) is 18.8 Å². The van der Waals surface area contributed by atoms with Crippen molar-refractivity contribution in [1.29, 1.82) is 0 Å². The molecule has 0 spiro atoms. The average molecular weight is 295 g/mol. The number of sulfonamides is 1. The second kappa shape index (κ2) is 4.71. The zero-order valence-electron chi connectivity index (χ0n) is 11.4. The molecule has 0 unspecified atom stereocenters. The predicted octanol–water partition coefficient (Wildman–Crippen LogP) is 0.583. The predicted molar refractivity (Wildman–Crippen MR) is 72.2 cm³/mol. The quantitative estimate of drug-likeness (QED) is 0.875. The molecule has 108 valence electrons. The third-order valence-corrected chi connectivity index (χ3v) is 4.90. The van der Waals surface area contributed by atoms with E-state index in [9.17, 15) is 8.42 Å². The molecule has 0 aromatic carbocycles. The SMILES string of the molecule is Cn1cc(S(=O)(=O)N[C@@H](c2nccn2C)C2CC2)cn1. The van der Waals surface area contributed by atoms with Gasteiger partial charge in [-0.2, -0.15) is 5.10 Å². The average Bonchev–Trinajstić information content (AvgIpc) is 2.99. The highest BCUT2D eigenvalue weighted by molar-refractivity contribution is 7.89. The van der Waals surface area contributed by atoms with E-state index >= 15 is 0 Å². The summed E-state index contributed by atoms with van der Waals surface area (Å²) in [6.45, 7) is 0. The Morgan fingerprint density at radius 1 is 1.40 bits per heavy atom. The van der Waals surface area contributed by atoms with E-state index in [1.807, 2.05) is 17.8 Å². The summed E-state index contributed by atoms with van der Waals surface area (Å²) in [5, 5.41) is 3.91. The third-order valence-electron chi connectivity index (χ3n) is 3.50. The molecule has 2 aromatic heterocycles. The standard InChI is InChI=1S/C12H17N5O2S/c1-16-6-5-13-12(16)11(9-3-4-9)15-20(18,19)10-7-14-17(2)8-10/h5-9,11,15H,3-4H2,1-2H3/t11-/m1/s1. The van der Waals surface area contributed by atoms with Crippen LogP contribution in [-0.4, -0.2) is 27.7 Å². The Labute approximate surface area is 117 Å². The van der Waals surface area contributed by atoms with E-state index in [1.165, 1.54) is 17.1 Å². The summed E-state index contributed by atoms with van der Waals surface area (Å²) >= 11 is 0. The van der Waals surface area contributed by atoms with Gasteiger partial charge in [0.2, 0.25) is 10.0 Å². The number of aromatic nitrogens is 4. The zero-order valence-corrected chi connectivity index (χ0v) is 12.2. The Morgan fingerprint density at radius 2 is 2.15 bits per heavy atom. The second-order valence-electron chi connectivity index (χ2n) is 5.18. The third kappa shape index (κ3) is 2.48. The first-order valence-electron chi connectivity index (χ1n) is 6.45. The van der Waals surface area contributed by atoms with Crippen LogP contribution in [0.1, 0.15) is 24.7 Å². The van der Waals surface area contributed by atoms with Crippen molar-refractivity contribution in [2.24, 2.45) is 20.0 Å². The largest absolute Gasteiger partial charge is 0.337 e. The number of imidazole rings is 1. The summed E-state index contributed by atoms with van der Waals surface area (Å²) in [6, 6.07) is -0.278. The van der Waals surface area contributed by atoms with Crippen molar-refractivity contribution in [1.82, 2.24) is 24.1 Å². The van der Waals surface area contributed by atoms with Gasteiger partial charge in [0.15, 0.2) is 0 Å². The van der Waals surface area contributed by atoms with Gasteiger partial charge >= 0.3 is 0 Å². The lowest BCUT2D eigenvalue weighted by Gasteiger charge is -2.17. The Kier molecular flexibility index (Phi) is 3.14. The van der Waals surface area contributed by atoms with Crippen LogP contribution in [0, 0.1) is 5.92 Å². The van der Waals surface area contributed by atoms with Crippen LogP contribution in [0.3, 0.4) is 0 Å². The van der Waals surface area contributed by atoms with E-state index in [1.54, 1.807) is 13.2 Å². The van der Waals surface area contributed by atoms with E-state index in [2.05, 4.69) is 14.8 Å². The fraction of sp³-hybridized carbons (Fsp3) is 0.500. The van der Waals surface area contributed by atoms with Gasteiger partial charge in [0, 0.05) is 32.7 Å². The number of hydrogen-bond donors (Lipinski definition) is 1. The number of nitrogens with zero attached hydrogens (tertiary/aromatic N) is 4. The first kappa shape index (κ1) is 13.3. The summed E-state index contributed by atoms with van der Waals surface area (Å²) in [6.07, 6.45) is 8.39. The molecule has 0 aliphatic heterocycles. The normalized spacial score (nSPS) is 17.3. The van der Waals surface area contributed by atoms with E-state index in [-0.39, 0.29) is 10.9 Å². The maximum absolute atomic E-state index is 12.4. The van der Waals surface area contributed by atoms with Crippen LogP contribution in [0.15, 0.2) is 29.7 Å². The highest BCUT2D eigenvalue weighted by atomic mass is 32.2. The highest BCUT2D eigenvalue weighted by Crippen LogP contribution is 2.41. The lowest BCUT2D eigenvalue weighted by Crippen LogP contribution is -2.31. The van der Waals surface area contributed by atoms with E-state index in [0.29, 0.717) is 5.92 Å². The first-order valence-corrected chi connectivity index (χ1v) is 7.94. The molecule has 1 atom stereocenters. The number of aryl methyl sites for hydroxylation is 2. The van der Waals surface area contributed by atoms with Crippen molar-refractivity contribution < 1.29 is 8.42 Å². The molecular weight excluding hydrogens is 278 g/mol. The number of nitrogens with one attached hydrogen (secondary N) is 1. The van der Waals surface area contributed by atoms with Gasteiger partial charge in [-0.1, -0.05) is 0 Å². The summed E-state index contributed by atoms with van der Waals surface area (Å²) in [5.74, 6) is 1.07. The summed E-state index contributed by atoms with van der Waals surface area (Å²) in [4.78, 5) is 4.46. The minimum Gasteiger partial charge on any atom is -0.337 e. The maximum atomic E-state index is 12.4. The molecular formula is C12H17N5O2S. The molecule has 20 heavy (non-hydrogen) atoms. The molecule has 7 nitrogen and oxygen atoms in total. The summed E-state index contributed by atoms with van der Waals surface area (Å²) in [5.41, 5.74) is 0. The molecule has 0 saturated heterocycles. The molecule has 8 heteroatoms. The van der Waals surface area contributed by atoms with Crippen LogP contribution in [0.25, 0.3) is 0 Å². The molecule has 1 N–H and O–H groups in total. The number of rotatable bonds is 5. The van der Waals surface area contributed by atoms with Crippen LogP contribution in [0.4, 0.5) is 0 Å². The smallest absolute Gasteiger partial charge is 0.244 e. The number of hydrogen-bond acceptors (Lipinski definition) is 4. The topological polar surface area (TPSA) is 81.8 Å². The second-order valence-corrected chi connectivity index (χ2v) is 6.90. The van der Waals surface area contributed by atoms with Crippen molar-refractivity contribution in [2.75, 3.05) is 0 Å². The van der Waals surface area contributed by atoms with Crippen LogP contribution in [-0.2, 0) is 24.1 Å². The van der Waals surface area contributed by atoms with Gasteiger partial charge in [0.1, 0.15) is 10.7 Å². The minimum atomic E-state index is -3.57. The molecule has 1 fully saturated rings. The van der Waals surface area contributed by atoms with Crippen molar-refractivity contribution in [3.8, 4) is 0 Å². The zero-order chi connectivity index (χ0) is 14.3. The Bertz CT molecular complexity index is 714. The summed E-state index contributed by atoms with van der Waals surface area (Å²) < 4.78 is 30.9. The van der Waals surface area contributed by atoms with E-state index in [0.717, 1.165) is 18.7 Å². The highest BCUT2D eigenvalue weighted by Gasteiger charge is 2.37. The molecule has 1 saturated carbocycles. The van der Waals surface area contributed by atoms with Crippen molar-refractivity contribution in [2.45, 2.75) is 23.8 Å². The fourth-order valence-corrected chi connectivity index (χ4v) is 3.48. The minimum absolute atomic E-state index is 0.180. The van der Waals surface area contributed by atoms with Gasteiger partial charge in [0.05, 0.1) is 12.2 Å². The van der Waals surface area contributed by atoms with Crippen LogP contribution < -0.4 is 4.72 Å². The molecule has 3 rings (SSSR count). The van der Waals surface area contributed by atoms with Gasteiger partial charge < -0.3 is 4.57 Å². The van der Waals surface area contributed by atoms with E-state index in [4.69, 9.17) is 0 Å². The lowest BCUT2D eigenvalue weighted by atomic mass is 10.2. The van der Waals surface area contributed by atoms with Crippen LogP contribution in [0.2, 0.25) is 0 Å². The molecule has 1 aliphatic carbocycles. The van der Waals surface area contributed by atoms with E-state index < -0.39 is 10.0 Å². The van der Waals surface area contributed by atoms with Crippen LogP contribution >= 0.6 is 0 Å². The Hall–Kier alpha value is -1.67. The Balaban J connectivity index is 1.89. The van der Waals surface area contributed by atoms with Gasteiger partial charge in [-0.15, -0.1) is 0 Å². The van der Waals surface area contributed by atoms with Crippen LogP contribution in [0.5, 0.6) is 0 Å². The molecule has 1 aliphatic rings. The van der Waals surface area contributed by atoms with Gasteiger partial charge in [-0.25, -0.2) is 18.1 Å². The summed E-state index contributed by atoms with van der Waals surface area (Å²) in [7, 11) is -0.0114. The molecule has 2 heterocycles. The maximum Gasteiger partial charge on any atom is 0.244 e. The first-order chi connectivity index (χ1) is 9.47. The lowest BCUT2D eigenvalue weighted by molar-refractivity contribution is 0.500. The van der Waals surface area contributed by atoms with Gasteiger partial charge in [-0.3, -0.25) is 4.68 Å². The molecule has 0 radical (unpaired) electrons. The monoisotopic (exact) mass is 295 g/mol. The molecule has 0 amide bonds. The molecule has 0 bridgehead atoms. The fourth-order valence-electron chi connectivity index (χ4n) is 2.24. The van der Waals surface area contributed by atoms with Crippen molar-refractivity contribution in [3.63, 3.8) is 0 Å². The van der Waals surface area contributed by atoms with Crippen molar-refractivity contribution >= 4 is 10.0 Å². The van der Waals surface area contributed by atoms with Crippen molar-refractivity contribution in [3.05, 3.63) is 30.6 Å².